The zero-order valence-corrected chi connectivity index (χ0v) is 8.26. The van der Waals surface area contributed by atoms with E-state index in [2.05, 4.69) is 10.3 Å². The first-order chi connectivity index (χ1) is 6.81. The fourth-order valence-electron chi connectivity index (χ4n) is 2.78. The Bertz CT molecular complexity index is 333. The molecule has 2 aliphatic carbocycles. The average Bonchev–Trinajstić information content (AvgIpc) is 2.82. The number of rotatable bonds is 2. The van der Waals surface area contributed by atoms with Gasteiger partial charge in [-0.3, -0.25) is 4.68 Å². The molecule has 2 aliphatic rings. The quantitative estimate of drug-likeness (QED) is 0.768. The second-order valence-electron chi connectivity index (χ2n) is 4.80. The molecule has 3 atom stereocenters. The summed E-state index contributed by atoms with van der Waals surface area (Å²) in [6.07, 6.45) is 7.50. The zero-order chi connectivity index (χ0) is 9.54. The third kappa shape index (κ3) is 1.49. The molecule has 0 bridgehead atoms. The summed E-state index contributed by atoms with van der Waals surface area (Å²) in [5.74, 6) is 3.45. The van der Waals surface area contributed by atoms with Gasteiger partial charge in [-0.25, -0.2) is 0 Å². The number of nitrogen functional groups attached to an aromatic ring is 1. The minimum atomic E-state index is 0.533. The van der Waals surface area contributed by atoms with Crippen molar-refractivity contribution in [1.82, 2.24) is 15.0 Å². The summed E-state index contributed by atoms with van der Waals surface area (Å²) in [6, 6.07) is 0. The lowest BCUT2D eigenvalue weighted by molar-refractivity contribution is 0.294. The van der Waals surface area contributed by atoms with E-state index in [1.165, 1.54) is 25.7 Å². The largest absolute Gasteiger partial charge is 0.381 e. The number of anilines is 1. The molecule has 0 amide bonds. The van der Waals surface area contributed by atoms with E-state index in [4.69, 9.17) is 5.73 Å². The van der Waals surface area contributed by atoms with E-state index in [-0.39, 0.29) is 0 Å². The van der Waals surface area contributed by atoms with Crippen molar-refractivity contribution in [3.8, 4) is 0 Å². The van der Waals surface area contributed by atoms with Crippen LogP contribution in [0.15, 0.2) is 6.20 Å². The monoisotopic (exact) mass is 192 g/mol. The first kappa shape index (κ1) is 8.26. The van der Waals surface area contributed by atoms with Crippen LogP contribution in [0.1, 0.15) is 25.7 Å². The normalized spacial score (nSPS) is 35.3. The van der Waals surface area contributed by atoms with Crippen LogP contribution in [0.5, 0.6) is 0 Å². The first-order valence-electron chi connectivity index (χ1n) is 5.47. The van der Waals surface area contributed by atoms with Crippen LogP contribution in [0.4, 0.5) is 5.82 Å². The Morgan fingerprint density at radius 2 is 2.29 bits per heavy atom. The van der Waals surface area contributed by atoms with Gasteiger partial charge in [-0.1, -0.05) is 5.21 Å². The number of aromatic nitrogens is 3. The Labute approximate surface area is 83.5 Å². The summed E-state index contributed by atoms with van der Waals surface area (Å²) >= 11 is 0. The predicted molar refractivity (Wildman–Crippen MR) is 53.4 cm³/mol. The van der Waals surface area contributed by atoms with E-state index >= 15 is 0 Å². The van der Waals surface area contributed by atoms with E-state index < -0.39 is 0 Å². The van der Waals surface area contributed by atoms with Gasteiger partial charge in [0.15, 0.2) is 5.82 Å². The molecule has 0 aliphatic heterocycles. The smallest absolute Gasteiger partial charge is 0.165 e. The van der Waals surface area contributed by atoms with E-state index in [1.54, 1.807) is 0 Å². The molecule has 4 nitrogen and oxygen atoms in total. The van der Waals surface area contributed by atoms with Gasteiger partial charge in [-0.2, -0.15) is 0 Å². The van der Waals surface area contributed by atoms with Crippen LogP contribution in [0.2, 0.25) is 0 Å². The Hall–Kier alpha value is -1.06. The molecule has 14 heavy (non-hydrogen) atoms. The fourth-order valence-corrected chi connectivity index (χ4v) is 2.78. The molecule has 4 heteroatoms. The molecule has 3 unspecified atom stereocenters. The van der Waals surface area contributed by atoms with Crippen molar-refractivity contribution < 1.29 is 0 Å². The lowest BCUT2D eigenvalue weighted by Gasteiger charge is -2.20. The van der Waals surface area contributed by atoms with Crippen molar-refractivity contribution in [3.05, 3.63) is 6.20 Å². The SMILES string of the molecule is Nc1cn(CC2CCC3CC3C2)nn1. The van der Waals surface area contributed by atoms with Crippen LogP contribution in [0, 0.1) is 17.8 Å². The molecule has 0 saturated heterocycles. The molecular weight excluding hydrogens is 176 g/mol. The highest BCUT2D eigenvalue weighted by molar-refractivity contribution is 5.19. The highest BCUT2D eigenvalue weighted by Crippen LogP contribution is 2.51. The molecule has 0 radical (unpaired) electrons. The molecule has 1 aromatic heterocycles. The zero-order valence-electron chi connectivity index (χ0n) is 8.26. The Morgan fingerprint density at radius 3 is 3.00 bits per heavy atom. The summed E-state index contributed by atoms with van der Waals surface area (Å²) in [4.78, 5) is 0. The lowest BCUT2D eigenvalue weighted by atomic mass is 9.89. The maximum Gasteiger partial charge on any atom is 0.165 e. The number of nitrogens with two attached hydrogens (primary N) is 1. The van der Waals surface area contributed by atoms with E-state index in [0.29, 0.717) is 5.82 Å². The molecule has 0 aromatic carbocycles. The van der Waals surface area contributed by atoms with Gasteiger partial charge < -0.3 is 5.73 Å². The molecule has 0 spiro atoms. The average molecular weight is 192 g/mol. The third-order valence-electron chi connectivity index (χ3n) is 3.65. The van der Waals surface area contributed by atoms with Crippen LogP contribution in [0.25, 0.3) is 0 Å². The highest BCUT2D eigenvalue weighted by Gasteiger charge is 2.41. The van der Waals surface area contributed by atoms with Gasteiger partial charge in [0.05, 0.1) is 6.20 Å². The van der Waals surface area contributed by atoms with E-state index in [9.17, 15) is 0 Å². The Morgan fingerprint density at radius 1 is 1.36 bits per heavy atom. The Balaban J connectivity index is 1.61. The maximum absolute atomic E-state index is 5.52. The molecule has 2 N–H and O–H groups in total. The summed E-state index contributed by atoms with van der Waals surface area (Å²) in [7, 11) is 0. The van der Waals surface area contributed by atoms with Crippen molar-refractivity contribution in [2.24, 2.45) is 17.8 Å². The number of hydrogen-bond donors (Lipinski definition) is 1. The molecule has 76 valence electrons. The van der Waals surface area contributed by atoms with Crippen LogP contribution in [-0.2, 0) is 6.54 Å². The van der Waals surface area contributed by atoms with E-state index in [1.807, 2.05) is 10.9 Å². The lowest BCUT2D eigenvalue weighted by Crippen LogP contribution is -2.15. The third-order valence-corrected chi connectivity index (χ3v) is 3.65. The number of hydrogen-bond acceptors (Lipinski definition) is 3. The summed E-state index contributed by atoms with van der Waals surface area (Å²) < 4.78 is 1.89. The summed E-state index contributed by atoms with van der Waals surface area (Å²) in [6.45, 7) is 1.01. The van der Waals surface area contributed by atoms with Crippen LogP contribution >= 0.6 is 0 Å². The number of fused-ring (bicyclic) bond motifs is 1. The molecular formula is C10H16N4. The van der Waals surface area contributed by atoms with Gasteiger partial charge in [-0.15, -0.1) is 5.10 Å². The van der Waals surface area contributed by atoms with Gasteiger partial charge in [0.1, 0.15) is 0 Å². The minimum Gasteiger partial charge on any atom is -0.381 e. The molecule has 1 aromatic rings. The maximum atomic E-state index is 5.52. The second-order valence-corrected chi connectivity index (χ2v) is 4.80. The van der Waals surface area contributed by atoms with Gasteiger partial charge in [-0.05, 0) is 43.4 Å². The predicted octanol–water partition coefficient (Wildman–Crippen LogP) is 1.30. The summed E-state index contributed by atoms with van der Waals surface area (Å²) in [5.41, 5.74) is 5.52. The van der Waals surface area contributed by atoms with Gasteiger partial charge in [0.25, 0.3) is 0 Å². The van der Waals surface area contributed by atoms with Crippen LogP contribution < -0.4 is 5.73 Å². The van der Waals surface area contributed by atoms with E-state index in [0.717, 1.165) is 24.3 Å². The van der Waals surface area contributed by atoms with Crippen molar-refractivity contribution in [2.45, 2.75) is 32.2 Å². The molecule has 3 rings (SSSR count). The number of nitrogens with zero attached hydrogens (tertiary/aromatic N) is 3. The second kappa shape index (κ2) is 2.97. The van der Waals surface area contributed by atoms with Crippen molar-refractivity contribution in [1.29, 1.82) is 0 Å². The van der Waals surface area contributed by atoms with Crippen molar-refractivity contribution >= 4 is 5.82 Å². The summed E-state index contributed by atoms with van der Waals surface area (Å²) in [5, 5.41) is 7.79. The van der Waals surface area contributed by atoms with Crippen LogP contribution in [0.3, 0.4) is 0 Å². The van der Waals surface area contributed by atoms with Gasteiger partial charge in [0.2, 0.25) is 0 Å². The molecule has 2 saturated carbocycles. The highest BCUT2D eigenvalue weighted by atomic mass is 15.4. The molecule has 2 fully saturated rings. The standard InChI is InChI=1S/C10H16N4/c11-10-6-14(13-12-10)5-7-1-2-8-4-9(8)3-7/h6-9H,1-5,11H2. The van der Waals surface area contributed by atoms with Crippen LogP contribution in [-0.4, -0.2) is 15.0 Å². The Kier molecular flexibility index (Phi) is 1.75. The topological polar surface area (TPSA) is 56.7 Å². The van der Waals surface area contributed by atoms with Gasteiger partial charge >= 0.3 is 0 Å². The minimum absolute atomic E-state index is 0.533. The fraction of sp³-hybridized carbons (Fsp3) is 0.800. The molecule has 1 heterocycles. The first-order valence-corrected chi connectivity index (χ1v) is 5.47. The van der Waals surface area contributed by atoms with Gasteiger partial charge in [0, 0.05) is 6.54 Å². The van der Waals surface area contributed by atoms with Crippen molar-refractivity contribution in [2.75, 3.05) is 5.73 Å². The van der Waals surface area contributed by atoms with Crippen molar-refractivity contribution in [3.63, 3.8) is 0 Å².